The second kappa shape index (κ2) is 7.76. The maximum atomic E-state index is 4.51. The summed E-state index contributed by atoms with van der Waals surface area (Å²) in [4.78, 5) is 8.84. The average Bonchev–Trinajstić information content (AvgIpc) is 2.48. The first-order chi connectivity index (χ1) is 9.70. The maximum Gasteiger partial charge on any atom is 0.116 e. The lowest BCUT2D eigenvalue weighted by molar-refractivity contribution is 0.568. The molecule has 1 atom stereocenters. The minimum Gasteiger partial charge on any atom is -0.310 e. The predicted octanol–water partition coefficient (Wildman–Crippen LogP) is 4.45. The molecule has 0 aliphatic rings. The average molecular weight is 352 g/mol. The van der Waals surface area contributed by atoms with Gasteiger partial charge in [0.2, 0.25) is 0 Å². The van der Waals surface area contributed by atoms with E-state index in [1.807, 2.05) is 24.4 Å². The van der Waals surface area contributed by atoms with E-state index in [2.05, 4.69) is 51.1 Å². The van der Waals surface area contributed by atoms with Gasteiger partial charge in [-0.1, -0.05) is 13.0 Å². The molecular formula is C15H18BrN3S. The standard InChI is InChI=1S/C15H18BrN3S/c1-3-8-17-11(2)12-6-7-14(19-10-12)20-15-13(16)5-4-9-18-15/h4-7,9-11,17H,3,8H2,1-2H3. The number of nitrogens with one attached hydrogen (secondary N) is 1. The summed E-state index contributed by atoms with van der Waals surface area (Å²) in [5, 5.41) is 5.35. The number of nitrogens with zero attached hydrogens (tertiary/aromatic N) is 2. The van der Waals surface area contributed by atoms with Crippen LogP contribution in [0.4, 0.5) is 0 Å². The molecule has 0 amide bonds. The summed E-state index contributed by atoms with van der Waals surface area (Å²) in [5.74, 6) is 0. The molecule has 0 bridgehead atoms. The van der Waals surface area contributed by atoms with Crippen molar-refractivity contribution in [3.8, 4) is 0 Å². The Morgan fingerprint density at radius 2 is 2.15 bits per heavy atom. The highest BCUT2D eigenvalue weighted by molar-refractivity contribution is 9.10. The van der Waals surface area contributed by atoms with Crippen molar-refractivity contribution in [2.24, 2.45) is 0 Å². The normalized spacial score (nSPS) is 12.3. The maximum absolute atomic E-state index is 4.51. The fourth-order valence-corrected chi connectivity index (χ4v) is 2.95. The van der Waals surface area contributed by atoms with Crippen molar-refractivity contribution in [2.75, 3.05) is 6.54 Å². The number of aromatic nitrogens is 2. The molecule has 0 fully saturated rings. The topological polar surface area (TPSA) is 37.8 Å². The fourth-order valence-electron chi connectivity index (χ4n) is 1.73. The van der Waals surface area contributed by atoms with E-state index in [0.29, 0.717) is 6.04 Å². The summed E-state index contributed by atoms with van der Waals surface area (Å²) >= 11 is 5.06. The Bertz CT molecular complexity index is 545. The molecule has 2 aromatic rings. The molecule has 2 aromatic heterocycles. The van der Waals surface area contributed by atoms with Gasteiger partial charge in [0.15, 0.2) is 0 Å². The van der Waals surface area contributed by atoms with E-state index < -0.39 is 0 Å². The Balaban J connectivity index is 2.03. The molecule has 5 heteroatoms. The third-order valence-corrected chi connectivity index (χ3v) is 4.76. The van der Waals surface area contributed by atoms with Crippen molar-refractivity contribution in [1.29, 1.82) is 0 Å². The Morgan fingerprint density at radius 1 is 1.30 bits per heavy atom. The van der Waals surface area contributed by atoms with Crippen LogP contribution in [0.2, 0.25) is 0 Å². The molecule has 0 saturated carbocycles. The molecule has 0 radical (unpaired) electrons. The van der Waals surface area contributed by atoms with Gasteiger partial charge >= 0.3 is 0 Å². The second-order valence-corrected chi connectivity index (χ2v) is 6.36. The zero-order valence-electron chi connectivity index (χ0n) is 11.6. The summed E-state index contributed by atoms with van der Waals surface area (Å²) in [6, 6.07) is 8.40. The lowest BCUT2D eigenvalue weighted by atomic mass is 10.1. The van der Waals surface area contributed by atoms with E-state index >= 15 is 0 Å². The zero-order valence-corrected chi connectivity index (χ0v) is 14.0. The smallest absolute Gasteiger partial charge is 0.116 e. The molecule has 2 heterocycles. The first-order valence-corrected chi connectivity index (χ1v) is 8.29. The predicted molar refractivity (Wildman–Crippen MR) is 87.0 cm³/mol. The van der Waals surface area contributed by atoms with Crippen LogP contribution in [0.3, 0.4) is 0 Å². The van der Waals surface area contributed by atoms with Crippen LogP contribution in [-0.2, 0) is 0 Å². The fraction of sp³-hybridized carbons (Fsp3) is 0.333. The van der Waals surface area contributed by atoms with Crippen molar-refractivity contribution < 1.29 is 0 Å². The van der Waals surface area contributed by atoms with E-state index in [9.17, 15) is 0 Å². The number of hydrogen-bond donors (Lipinski definition) is 1. The van der Waals surface area contributed by atoms with Crippen molar-refractivity contribution in [1.82, 2.24) is 15.3 Å². The first-order valence-electron chi connectivity index (χ1n) is 6.68. The summed E-state index contributed by atoms with van der Waals surface area (Å²) < 4.78 is 0.994. The van der Waals surface area contributed by atoms with Crippen LogP contribution in [0.15, 0.2) is 51.2 Å². The molecule has 0 aliphatic heterocycles. The Labute approximate surface area is 132 Å². The molecule has 0 aromatic carbocycles. The quantitative estimate of drug-likeness (QED) is 0.834. The van der Waals surface area contributed by atoms with E-state index in [1.165, 1.54) is 5.56 Å². The van der Waals surface area contributed by atoms with Gasteiger partial charge in [-0.25, -0.2) is 9.97 Å². The van der Waals surface area contributed by atoms with Crippen LogP contribution in [-0.4, -0.2) is 16.5 Å². The highest BCUT2D eigenvalue weighted by Crippen LogP contribution is 2.30. The third-order valence-electron chi connectivity index (χ3n) is 2.89. The van der Waals surface area contributed by atoms with Crippen molar-refractivity contribution in [3.05, 3.63) is 46.7 Å². The highest BCUT2D eigenvalue weighted by atomic mass is 79.9. The van der Waals surface area contributed by atoms with E-state index in [0.717, 1.165) is 27.5 Å². The largest absolute Gasteiger partial charge is 0.310 e. The van der Waals surface area contributed by atoms with Gasteiger partial charge in [-0.15, -0.1) is 0 Å². The van der Waals surface area contributed by atoms with Crippen LogP contribution in [0.25, 0.3) is 0 Å². The molecule has 0 aliphatic carbocycles. The molecule has 20 heavy (non-hydrogen) atoms. The first kappa shape index (κ1) is 15.5. The monoisotopic (exact) mass is 351 g/mol. The van der Waals surface area contributed by atoms with Gasteiger partial charge in [0.05, 0.1) is 4.47 Å². The number of hydrogen-bond acceptors (Lipinski definition) is 4. The minimum absolute atomic E-state index is 0.336. The highest BCUT2D eigenvalue weighted by Gasteiger charge is 2.07. The van der Waals surface area contributed by atoms with E-state index in [4.69, 9.17) is 0 Å². The van der Waals surface area contributed by atoms with Gasteiger partial charge in [0.25, 0.3) is 0 Å². The molecule has 0 saturated heterocycles. The lowest BCUT2D eigenvalue weighted by Crippen LogP contribution is -2.19. The van der Waals surface area contributed by atoms with Crippen LogP contribution in [0, 0.1) is 0 Å². The zero-order chi connectivity index (χ0) is 14.4. The van der Waals surface area contributed by atoms with Crippen molar-refractivity contribution >= 4 is 27.7 Å². The van der Waals surface area contributed by atoms with Crippen molar-refractivity contribution in [3.63, 3.8) is 0 Å². The molecule has 3 nitrogen and oxygen atoms in total. The molecule has 2 rings (SSSR count). The number of halogens is 1. The van der Waals surface area contributed by atoms with Gasteiger partial charge in [-0.2, -0.15) is 0 Å². The number of rotatable bonds is 6. The van der Waals surface area contributed by atoms with E-state index in [-0.39, 0.29) is 0 Å². The summed E-state index contributed by atoms with van der Waals surface area (Å²) in [6.07, 6.45) is 4.87. The summed E-state index contributed by atoms with van der Waals surface area (Å²) in [6.45, 7) is 5.36. The van der Waals surface area contributed by atoms with Gasteiger partial charge < -0.3 is 5.32 Å². The molecule has 106 valence electrons. The lowest BCUT2D eigenvalue weighted by Gasteiger charge is -2.13. The Morgan fingerprint density at radius 3 is 2.80 bits per heavy atom. The van der Waals surface area contributed by atoms with Gasteiger partial charge in [0, 0.05) is 18.4 Å². The Hall–Kier alpha value is -0.910. The second-order valence-electron chi connectivity index (χ2n) is 4.50. The SMILES string of the molecule is CCCNC(C)c1ccc(Sc2ncccc2Br)nc1. The molecule has 1 N–H and O–H groups in total. The van der Waals surface area contributed by atoms with Crippen molar-refractivity contribution in [2.45, 2.75) is 36.4 Å². The summed E-state index contributed by atoms with van der Waals surface area (Å²) in [5.41, 5.74) is 1.21. The minimum atomic E-state index is 0.336. The summed E-state index contributed by atoms with van der Waals surface area (Å²) in [7, 11) is 0. The van der Waals surface area contributed by atoms with Crippen LogP contribution >= 0.6 is 27.7 Å². The number of pyridine rings is 2. The van der Waals surface area contributed by atoms with Crippen LogP contribution in [0.5, 0.6) is 0 Å². The van der Waals surface area contributed by atoms with Gasteiger partial charge in [-0.05, 0) is 71.3 Å². The van der Waals surface area contributed by atoms with Crippen LogP contribution in [0.1, 0.15) is 31.9 Å². The van der Waals surface area contributed by atoms with Crippen LogP contribution < -0.4 is 5.32 Å². The third kappa shape index (κ3) is 4.30. The van der Waals surface area contributed by atoms with E-state index in [1.54, 1.807) is 18.0 Å². The molecule has 0 spiro atoms. The molecular weight excluding hydrogens is 334 g/mol. The molecule has 1 unspecified atom stereocenters. The van der Waals surface area contributed by atoms with Gasteiger partial charge in [0.1, 0.15) is 10.1 Å². The van der Waals surface area contributed by atoms with Gasteiger partial charge in [-0.3, -0.25) is 0 Å². The Kier molecular flexibility index (Phi) is 6.01.